The van der Waals surface area contributed by atoms with Crippen molar-refractivity contribution in [3.8, 4) is 16.9 Å². The third-order valence-corrected chi connectivity index (χ3v) is 4.11. The quantitative estimate of drug-likeness (QED) is 0.598. The van der Waals surface area contributed by atoms with Gasteiger partial charge in [0.25, 0.3) is 5.55 Å². The van der Waals surface area contributed by atoms with Gasteiger partial charge in [0, 0.05) is 10.6 Å². The Bertz CT molecular complexity index is 1080. The van der Waals surface area contributed by atoms with Crippen molar-refractivity contribution in [2.45, 2.75) is 6.92 Å². The van der Waals surface area contributed by atoms with E-state index in [1.165, 1.54) is 0 Å². The fourth-order valence-electron chi connectivity index (χ4n) is 2.75. The molecule has 4 aromatic rings. The highest BCUT2D eigenvalue weighted by atomic mass is 35.5. The van der Waals surface area contributed by atoms with E-state index in [-0.39, 0.29) is 5.55 Å². The van der Waals surface area contributed by atoms with Gasteiger partial charge in [-0.3, -0.25) is 5.41 Å². The molecule has 1 N–H and O–H groups in total. The van der Waals surface area contributed by atoms with Crippen molar-refractivity contribution in [3.63, 3.8) is 0 Å². The lowest BCUT2D eigenvalue weighted by Crippen LogP contribution is -2.03. The molecule has 0 aliphatic heterocycles. The molecule has 2 aromatic carbocycles. The lowest BCUT2D eigenvalue weighted by molar-refractivity contribution is 0.354. The number of nitrogens with one attached hydrogen (secondary N) is 1. The van der Waals surface area contributed by atoms with E-state index in [1.807, 2.05) is 66.2 Å². The van der Waals surface area contributed by atoms with Crippen LogP contribution in [0.25, 0.3) is 27.8 Å². The summed E-state index contributed by atoms with van der Waals surface area (Å²) in [6.07, 6.45) is 0. The van der Waals surface area contributed by atoms with Gasteiger partial charge in [0.15, 0.2) is 5.52 Å². The van der Waals surface area contributed by atoms with Crippen LogP contribution < -0.4 is 5.55 Å². The van der Waals surface area contributed by atoms with Crippen molar-refractivity contribution in [1.29, 1.82) is 5.41 Å². The fourth-order valence-corrected chi connectivity index (χ4v) is 2.88. The van der Waals surface area contributed by atoms with E-state index in [2.05, 4.69) is 10.3 Å². The van der Waals surface area contributed by atoms with E-state index in [4.69, 9.17) is 21.5 Å². The number of rotatable bonds is 2. The summed E-state index contributed by atoms with van der Waals surface area (Å²) in [6.45, 7) is 1.85. The number of aryl methyl sites for hydroxylation is 1. The lowest BCUT2D eigenvalue weighted by atomic mass is 10.1. The van der Waals surface area contributed by atoms with Gasteiger partial charge in [0.1, 0.15) is 0 Å². The van der Waals surface area contributed by atoms with Crippen LogP contribution in [-0.2, 0) is 0 Å². The zero-order chi connectivity index (χ0) is 16.7. The van der Waals surface area contributed by atoms with Crippen molar-refractivity contribution in [2.75, 3.05) is 0 Å². The first-order valence-electron chi connectivity index (χ1n) is 7.40. The highest BCUT2D eigenvalue weighted by molar-refractivity contribution is 6.30. The Hall–Kier alpha value is -2.92. The molecule has 5 nitrogen and oxygen atoms in total. The summed E-state index contributed by atoms with van der Waals surface area (Å²) in [7, 11) is 0. The Morgan fingerprint density at radius 3 is 2.46 bits per heavy atom. The highest BCUT2D eigenvalue weighted by Gasteiger charge is 2.19. The molecule has 2 aromatic heterocycles. The summed E-state index contributed by atoms with van der Waals surface area (Å²) in [5.74, 6) is 0. The molecule has 0 radical (unpaired) electrons. The molecule has 6 heteroatoms. The fraction of sp³-hybridized carbons (Fsp3) is 0.0556. The maximum atomic E-state index is 8.00. The summed E-state index contributed by atoms with van der Waals surface area (Å²) in [5.41, 5.74) is 3.82. The van der Waals surface area contributed by atoms with Crippen LogP contribution in [0.15, 0.2) is 59.1 Å². The van der Waals surface area contributed by atoms with Crippen LogP contribution in [0.2, 0.25) is 5.02 Å². The van der Waals surface area contributed by atoms with Crippen LogP contribution in [-0.4, -0.2) is 14.9 Å². The summed E-state index contributed by atoms with van der Waals surface area (Å²) in [4.78, 5) is 0. The number of benzene rings is 2. The monoisotopic (exact) mass is 336 g/mol. The number of hydrogen-bond donors (Lipinski definition) is 1. The second kappa shape index (κ2) is 5.62. The molecule has 4 rings (SSSR count). The number of halogens is 1. The van der Waals surface area contributed by atoms with Gasteiger partial charge in [0.05, 0.1) is 22.5 Å². The van der Waals surface area contributed by atoms with Crippen LogP contribution in [0.3, 0.4) is 0 Å². The van der Waals surface area contributed by atoms with Gasteiger partial charge in [-0.1, -0.05) is 47.1 Å². The average molecular weight is 337 g/mol. The second-order valence-electron chi connectivity index (χ2n) is 5.42. The summed E-state index contributed by atoms with van der Waals surface area (Å²) >= 11 is 6.02. The number of fused-ring (bicyclic) bond motifs is 1. The maximum Gasteiger partial charge on any atom is 0.269 e. The van der Waals surface area contributed by atoms with Crippen LogP contribution in [0.5, 0.6) is 0 Å². The molecule has 0 spiro atoms. The number of para-hydroxylation sites is 1. The van der Waals surface area contributed by atoms with Crippen LogP contribution in [0.4, 0.5) is 0 Å². The van der Waals surface area contributed by atoms with Crippen molar-refractivity contribution >= 4 is 22.5 Å². The third kappa shape index (κ3) is 2.30. The SMILES string of the molecule is Cc1noc(=N)c2nn(-c3ccccc3)c(-c3ccc(Cl)cc3)c12. The molecule has 0 saturated carbocycles. The van der Waals surface area contributed by atoms with Gasteiger partial charge < -0.3 is 4.52 Å². The number of aromatic nitrogens is 3. The molecule has 0 unspecified atom stereocenters. The Balaban J connectivity index is 2.14. The minimum absolute atomic E-state index is 0.0551. The van der Waals surface area contributed by atoms with Gasteiger partial charge in [-0.25, -0.2) is 4.68 Å². The van der Waals surface area contributed by atoms with Gasteiger partial charge in [0.2, 0.25) is 0 Å². The largest absolute Gasteiger partial charge is 0.334 e. The Labute approximate surface area is 142 Å². The standard InChI is InChI=1S/C18H13ClN4O/c1-11-15-16(18(20)24-22-11)21-23(14-5-3-2-4-6-14)17(15)12-7-9-13(19)10-8-12/h2-10,20H,1H3. The molecule has 0 aliphatic rings. The van der Waals surface area contributed by atoms with Gasteiger partial charge in [-0.15, -0.1) is 0 Å². The first-order chi connectivity index (χ1) is 11.6. The van der Waals surface area contributed by atoms with Crippen molar-refractivity contribution in [3.05, 3.63) is 70.9 Å². The normalized spacial score (nSPS) is 11.1. The predicted molar refractivity (Wildman–Crippen MR) is 92.2 cm³/mol. The Morgan fingerprint density at radius 1 is 1.04 bits per heavy atom. The van der Waals surface area contributed by atoms with Gasteiger partial charge >= 0.3 is 0 Å². The van der Waals surface area contributed by atoms with Crippen molar-refractivity contribution in [1.82, 2.24) is 14.9 Å². The summed E-state index contributed by atoms with van der Waals surface area (Å²) < 4.78 is 6.87. The van der Waals surface area contributed by atoms with Crippen molar-refractivity contribution < 1.29 is 4.52 Å². The van der Waals surface area contributed by atoms with Gasteiger partial charge in [-0.2, -0.15) is 5.10 Å². The van der Waals surface area contributed by atoms with E-state index < -0.39 is 0 Å². The molecular weight excluding hydrogens is 324 g/mol. The topological polar surface area (TPSA) is 67.7 Å². The first-order valence-corrected chi connectivity index (χ1v) is 7.78. The Kier molecular flexibility index (Phi) is 3.43. The van der Waals surface area contributed by atoms with Crippen LogP contribution >= 0.6 is 11.6 Å². The first kappa shape index (κ1) is 14.7. The molecule has 0 fully saturated rings. The summed E-state index contributed by atoms with van der Waals surface area (Å²) in [5, 5.41) is 18.1. The Morgan fingerprint density at radius 2 is 1.75 bits per heavy atom. The molecule has 0 atom stereocenters. The zero-order valence-corrected chi connectivity index (χ0v) is 13.6. The molecule has 0 saturated heterocycles. The second-order valence-corrected chi connectivity index (χ2v) is 5.86. The molecule has 0 aliphatic carbocycles. The average Bonchev–Trinajstić information content (AvgIpc) is 3.01. The molecule has 24 heavy (non-hydrogen) atoms. The van der Waals surface area contributed by atoms with Crippen molar-refractivity contribution in [2.24, 2.45) is 0 Å². The van der Waals surface area contributed by atoms with E-state index in [0.29, 0.717) is 16.2 Å². The predicted octanol–water partition coefficient (Wildman–Crippen LogP) is 4.12. The highest BCUT2D eigenvalue weighted by Crippen LogP contribution is 2.31. The van der Waals surface area contributed by atoms with Crippen LogP contribution in [0, 0.1) is 12.3 Å². The molecule has 0 amide bonds. The molecule has 118 valence electrons. The van der Waals surface area contributed by atoms with E-state index in [1.54, 1.807) is 0 Å². The maximum absolute atomic E-state index is 8.00. The van der Waals surface area contributed by atoms with E-state index in [9.17, 15) is 0 Å². The minimum atomic E-state index is -0.0551. The molecule has 2 heterocycles. The molecule has 0 bridgehead atoms. The number of nitrogens with zero attached hydrogens (tertiary/aromatic N) is 3. The minimum Gasteiger partial charge on any atom is -0.334 e. The summed E-state index contributed by atoms with van der Waals surface area (Å²) in [6, 6.07) is 17.3. The zero-order valence-electron chi connectivity index (χ0n) is 12.8. The van der Waals surface area contributed by atoms with Gasteiger partial charge in [-0.05, 0) is 31.2 Å². The van der Waals surface area contributed by atoms with E-state index in [0.717, 1.165) is 22.3 Å². The number of hydrogen-bond acceptors (Lipinski definition) is 4. The van der Waals surface area contributed by atoms with Crippen LogP contribution in [0.1, 0.15) is 5.69 Å². The third-order valence-electron chi connectivity index (χ3n) is 3.85. The smallest absolute Gasteiger partial charge is 0.269 e. The van der Waals surface area contributed by atoms with E-state index >= 15 is 0 Å². The molecular formula is C18H13ClN4O. The lowest BCUT2D eigenvalue weighted by Gasteiger charge is -2.08.